The maximum Gasteiger partial charge on any atom is 0.244 e. The molecule has 0 saturated heterocycles. The molecule has 0 spiro atoms. The van der Waals surface area contributed by atoms with Gasteiger partial charge < -0.3 is 5.11 Å². The topological polar surface area (TPSA) is 57.6 Å². The molecule has 0 aliphatic carbocycles. The zero-order valence-corrected chi connectivity index (χ0v) is 12.9. The van der Waals surface area contributed by atoms with Crippen LogP contribution in [0, 0.1) is 11.8 Å². The van der Waals surface area contributed by atoms with E-state index in [4.69, 9.17) is 5.11 Å². The Balaban J connectivity index is 3.34. The van der Waals surface area contributed by atoms with Gasteiger partial charge in [-0.1, -0.05) is 30.9 Å². The Morgan fingerprint density at radius 3 is 2.50 bits per heavy atom. The minimum atomic E-state index is -3.57. The first kappa shape index (κ1) is 16.7. The number of hydrogen-bond donors (Lipinski definition) is 1. The van der Waals surface area contributed by atoms with Crippen LogP contribution in [-0.2, 0) is 10.0 Å². The van der Waals surface area contributed by atoms with Crippen molar-refractivity contribution in [3.8, 4) is 11.8 Å². The number of aliphatic hydroxyl groups excluding tert-OH is 1. The highest BCUT2D eigenvalue weighted by atomic mass is 32.2. The smallest absolute Gasteiger partial charge is 0.244 e. The first-order chi connectivity index (χ1) is 9.45. The van der Waals surface area contributed by atoms with Gasteiger partial charge >= 0.3 is 0 Å². The van der Waals surface area contributed by atoms with Gasteiger partial charge in [0.15, 0.2) is 0 Å². The molecule has 0 unspecified atom stereocenters. The molecular weight excluding hydrogens is 274 g/mol. The summed E-state index contributed by atoms with van der Waals surface area (Å²) in [6.07, 6.45) is 0.752. The minimum absolute atomic E-state index is 0.112. The van der Waals surface area contributed by atoms with Gasteiger partial charge in [0.25, 0.3) is 0 Å². The maximum atomic E-state index is 12.7. The highest BCUT2D eigenvalue weighted by Gasteiger charge is 2.27. The normalized spacial score (nSPS) is 11.5. The highest BCUT2D eigenvalue weighted by molar-refractivity contribution is 7.89. The van der Waals surface area contributed by atoms with Gasteiger partial charge in [-0.05, 0) is 32.4 Å². The van der Waals surface area contributed by atoms with Crippen molar-refractivity contribution in [1.29, 1.82) is 0 Å². The second-order valence-corrected chi connectivity index (χ2v) is 6.52. The standard InChI is InChI=1S/C15H21NO3S/c1-4-11-16(13(2)3)20(18,19)15-10-6-5-8-14(15)9-7-12-17/h5-6,8,10,13,17H,4,11-12H2,1-3H3. The Hall–Kier alpha value is -1.35. The van der Waals surface area contributed by atoms with Crippen LogP contribution in [0.5, 0.6) is 0 Å². The molecular formula is C15H21NO3S. The molecule has 1 N–H and O–H groups in total. The summed E-state index contributed by atoms with van der Waals surface area (Å²) in [5.74, 6) is 5.20. The van der Waals surface area contributed by atoms with Crippen LogP contribution >= 0.6 is 0 Å². The fraction of sp³-hybridized carbons (Fsp3) is 0.467. The molecule has 1 aromatic rings. The van der Waals surface area contributed by atoms with Crippen molar-refractivity contribution in [1.82, 2.24) is 4.31 Å². The molecule has 0 fully saturated rings. The molecule has 0 radical (unpaired) electrons. The van der Waals surface area contributed by atoms with Crippen molar-refractivity contribution in [3.63, 3.8) is 0 Å². The molecule has 110 valence electrons. The third-order valence-electron chi connectivity index (χ3n) is 2.80. The summed E-state index contributed by atoms with van der Waals surface area (Å²) in [5.41, 5.74) is 0.420. The van der Waals surface area contributed by atoms with E-state index in [1.165, 1.54) is 4.31 Å². The molecule has 0 atom stereocenters. The summed E-state index contributed by atoms with van der Waals surface area (Å²) < 4.78 is 27.0. The third-order valence-corrected chi connectivity index (χ3v) is 4.93. The molecule has 0 saturated carbocycles. The molecule has 0 bridgehead atoms. The van der Waals surface area contributed by atoms with Crippen LogP contribution in [0.25, 0.3) is 0 Å². The van der Waals surface area contributed by atoms with Crippen LogP contribution in [0.15, 0.2) is 29.2 Å². The molecule has 5 heteroatoms. The van der Waals surface area contributed by atoms with Crippen molar-refractivity contribution in [3.05, 3.63) is 29.8 Å². The molecule has 0 aromatic heterocycles. The van der Waals surface area contributed by atoms with E-state index in [1.54, 1.807) is 24.3 Å². The van der Waals surface area contributed by atoms with E-state index in [-0.39, 0.29) is 17.5 Å². The Morgan fingerprint density at radius 1 is 1.30 bits per heavy atom. The van der Waals surface area contributed by atoms with E-state index >= 15 is 0 Å². The predicted octanol–water partition coefficient (Wildman–Crippen LogP) is 1.84. The first-order valence-electron chi connectivity index (χ1n) is 6.65. The molecule has 0 aliphatic heterocycles. The first-order valence-corrected chi connectivity index (χ1v) is 8.09. The number of hydrogen-bond acceptors (Lipinski definition) is 3. The van der Waals surface area contributed by atoms with Crippen LogP contribution in [0.1, 0.15) is 32.8 Å². The van der Waals surface area contributed by atoms with Gasteiger partial charge in [-0.2, -0.15) is 4.31 Å². The zero-order valence-electron chi connectivity index (χ0n) is 12.1. The number of nitrogens with zero attached hydrogens (tertiary/aromatic N) is 1. The summed E-state index contributed by atoms with van der Waals surface area (Å²) in [6.45, 7) is 5.84. The van der Waals surface area contributed by atoms with Crippen molar-refractivity contribution in [2.45, 2.75) is 38.1 Å². The van der Waals surface area contributed by atoms with Gasteiger partial charge in [0.2, 0.25) is 10.0 Å². The second kappa shape index (κ2) is 7.44. The van der Waals surface area contributed by atoms with Crippen LogP contribution in [-0.4, -0.2) is 37.0 Å². The predicted molar refractivity (Wildman–Crippen MR) is 79.7 cm³/mol. The van der Waals surface area contributed by atoms with E-state index in [2.05, 4.69) is 11.8 Å². The Bertz CT molecular complexity index is 597. The zero-order chi connectivity index (χ0) is 15.2. The van der Waals surface area contributed by atoms with Gasteiger partial charge in [0.1, 0.15) is 6.61 Å². The van der Waals surface area contributed by atoms with Crippen LogP contribution in [0.3, 0.4) is 0 Å². The Morgan fingerprint density at radius 2 is 1.95 bits per heavy atom. The summed E-state index contributed by atoms with van der Waals surface area (Å²) in [7, 11) is -3.57. The molecule has 1 rings (SSSR count). The van der Waals surface area contributed by atoms with Crippen LogP contribution < -0.4 is 0 Å². The van der Waals surface area contributed by atoms with Crippen molar-refractivity contribution in [2.24, 2.45) is 0 Å². The van der Waals surface area contributed by atoms with Crippen molar-refractivity contribution < 1.29 is 13.5 Å². The SMILES string of the molecule is CCCN(C(C)C)S(=O)(=O)c1ccccc1C#CCO. The average Bonchev–Trinajstić information content (AvgIpc) is 2.42. The molecule has 0 aliphatic rings. The van der Waals surface area contributed by atoms with Crippen LogP contribution in [0.4, 0.5) is 0 Å². The molecule has 0 amide bonds. The lowest BCUT2D eigenvalue weighted by Gasteiger charge is -2.25. The van der Waals surface area contributed by atoms with Gasteiger partial charge in [0.05, 0.1) is 4.90 Å². The van der Waals surface area contributed by atoms with E-state index < -0.39 is 10.0 Å². The van der Waals surface area contributed by atoms with E-state index in [9.17, 15) is 8.42 Å². The maximum absolute atomic E-state index is 12.7. The number of benzene rings is 1. The number of sulfonamides is 1. The average molecular weight is 295 g/mol. The largest absolute Gasteiger partial charge is 0.384 e. The van der Waals surface area contributed by atoms with Gasteiger partial charge in [-0.3, -0.25) is 0 Å². The van der Waals surface area contributed by atoms with Gasteiger partial charge in [-0.25, -0.2) is 8.42 Å². The van der Waals surface area contributed by atoms with Crippen molar-refractivity contribution in [2.75, 3.05) is 13.2 Å². The van der Waals surface area contributed by atoms with Gasteiger partial charge in [0, 0.05) is 18.2 Å². The number of rotatable bonds is 5. The van der Waals surface area contributed by atoms with E-state index in [0.29, 0.717) is 12.1 Å². The van der Waals surface area contributed by atoms with Gasteiger partial charge in [-0.15, -0.1) is 0 Å². The molecule has 20 heavy (non-hydrogen) atoms. The van der Waals surface area contributed by atoms with Crippen molar-refractivity contribution >= 4 is 10.0 Å². The third kappa shape index (κ3) is 3.83. The monoisotopic (exact) mass is 295 g/mol. The minimum Gasteiger partial charge on any atom is -0.384 e. The fourth-order valence-corrected chi connectivity index (χ4v) is 3.81. The highest BCUT2D eigenvalue weighted by Crippen LogP contribution is 2.21. The Kier molecular flexibility index (Phi) is 6.21. The summed E-state index contributed by atoms with van der Waals surface area (Å²) >= 11 is 0. The lowest BCUT2D eigenvalue weighted by Crippen LogP contribution is -2.37. The Labute approximate surface area is 121 Å². The lowest BCUT2D eigenvalue weighted by molar-refractivity contribution is 0.350. The summed E-state index contributed by atoms with van der Waals surface area (Å²) in [4.78, 5) is 0.197. The second-order valence-electron chi connectivity index (χ2n) is 4.67. The quantitative estimate of drug-likeness (QED) is 0.843. The fourth-order valence-electron chi connectivity index (χ4n) is 1.93. The molecule has 4 nitrogen and oxygen atoms in total. The molecule has 0 heterocycles. The lowest BCUT2D eigenvalue weighted by atomic mass is 10.2. The van der Waals surface area contributed by atoms with Crippen LogP contribution in [0.2, 0.25) is 0 Å². The molecule has 1 aromatic carbocycles. The number of aliphatic hydroxyl groups is 1. The van der Waals surface area contributed by atoms with E-state index in [0.717, 1.165) is 6.42 Å². The summed E-state index contributed by atoms with van der Waals surface area (Å²) in [6, 6.07) is 6.52. The van der Waals surface area contributed by atoms with E-state index in [1.807, 2.05) is 20.8 Å². The summed E-state index contributed by atoms with van der Waals surface area (Å²) in [5, 5.41) is 8.77.